The lowest BCUT2D eigenvalue weighted by molar-refractivity contribution is -0.127. The number of nitrogens with two attached hydrogens (primary N) is 1. The number of pyridine rings is 1. The summed E-state index contributed by atoms with van der Waals surface area (Å²) in [7, 11) is 0. The zero-order valence-corrected chi connectivity index (χ0v) is 17.3. The van der Waals surface area contributed by atoms with Crippen LogP contribution < -0.4 is 5.84 Å². The molecule has 2 heterocycles. The molecule has 0 bridgehead atoms. The van der Waals surface area contributed by atoms with Crippen molar-refractivity contribution in [3.8, 4) is 11.8 Å². The van der Waals surface area contributed by atoms with E-state index in [1.54, 1.807) is 0 Å². The predicted molar refractivity (Wildman–Crippen MR) is 113 cm³/mol. The normalized spacial score (nSPS) is 17.1. The number of aromatic nitrogens is 1. The van der Waals surface area contributed by atoms with Crippen LogP contribution in [0.25, 0.3) is 0 Å². The molecule has 0 radical (unpaired) electrons. The average molecular weight is 422 g/mol. The van der Waals surface area contributed by atoms with E-state index in [9.17, 15) is 13.2 Å². The van der Waals surface area contributed by atoms with E-state index < -0.39 is 12.6 Å². The zero-order valence-electron chi connectivity index (χ0n) is 17.3. The van der Waals surface area contributed by atoms with Crippen molar-refractivity contribution in [2.24, 2.45) is 21.9 Å². The highest BCUT2D eigenvalue weighted by molar-refractivity contribution is 6.37. The van der Waals surface area contributed by atoms with Gasteiger partial charge in [-0.15, -0.1) is 0 Å². The predicted octanol–water partition coefficient (Wildman–Crippen LogP) is 4.28. The molecule has 5 nitrogen and oxygen atoms in total. The Hall–Kier alpha value is -2.40. The molecule has 1 aromatic heterocycles. The van der Waals surface area contributed by atoms with E-state index in [4.69, 9.17) is 10.6 Å². The molecule has 0 spiro atoms. The summed E-state index contributed by atoms with van der Waals surface area (Å²) in [6.45, 7) is 4.48. The standard InChI is InChI=1S/C17H19F3N4.C5H10O/c1-2-7-22-11-15(24-21)16-14(9-17(18,19)20)8-13(10-23-16)6-5-12-3-4-12;1-2-4-6-5-3-1/h8,10-12H,2-4,7,9,21H2,1H3;1-5H2/b22-11?,24-15+;. The molecule has 1 saturated carbocycles. The minimum atomic E-state index is -4.36. The smallest absolute Gasteiger partial charge is 0.381 e. The second-order valence-electron chi connectivity index (χ2n) is 7.29. The average Bonchev–Trinajstić information content (AvgIpc) is 3.56. The molecule has 164 valence electrons. The summed E-state index contributed by atoms with van der Waals surface area (Å²) in [6, 6.07) is 1.41. The van der Waals surface area contributed by atoms with Gasteiger partial charge in [0.05, 0.1) is 18.3 Å². The lowest BCUT2D eigenvalue weighted by Crippen LogP contribution is -2.18. The number of hydrogen-bond acceptors (Lipinski definition) is 5. The first-order chi connectivity index (χ1) is 14.4. The summed E-state index contributed by atoms with van der Waals surface area (Å²) in [6.07, 6.45) is 4.17. The van der Waals surface area contributed by atoms with Crippen molar-refractivity contribution >= 4 is 11.9 Å². The summed E-state index contributed by atoms with van der Waals surface area (Å²) < 4.78 is 43.7. The highest BCUT2D eigenvalue weighted by atomic mass is 19.4. The minimum Gasteiger partial charge on any atom is -0.381 e. The maximum Gasteiger partial charge on any atom is 0.393 e. The molecule has 0 atom stereocenters. The SMILES string of the molecule is C1CCOCC1.CCCN=C/C(=N\N)c1ncc(C#CC2CC2)cc1CC(F)(F)F. The van der Waals surface area contributed by atoms with Gasteiger partial charge in [0, 0.05) is 37.4 Å². The van der Waals surface area contributed by atoms with Crippen LogP contribution in [0.15, 0.2) is 22.4 Å². The van der Waals surface area contributed by atoms with Gasteiger partial charge in [0.15, 0.2) is 0 Å². The lowest BCUT2D eigenvalue weighted by atomic mass is 10.0. The molecule has 2 aliphatic rings. The fourth-order valence-electron chi connectivity index (χ4n) is 2.70. The van der Waals surface area contributed by atoms with Gasteiger partial charge in [-0.3, -0.25) is 9.98 Å². The van der Waals surface area contributed by atoms with E-state index in [2.05, 4.69) is 26.9 Å². The van der Waals surface area contributed by atoms with Crippen molar-refractivity contribution in [2.45, 2.75) is 58.0 Å². The van der Waals surface area contributed by atoms with Gasteiger partial charge in [-0.2, -0.15) is 18.3 Å². The van der Waals surface area contributed by atoms with E-state index in [0.717, 1.165) is 32.5 Å². The van der Waals surface area contributed by atoms with Crippen molar-refractivity contribution in [1.29, 1.82) is 0 Å². The third kappa shape index (κ3) is 9.40. The lowest BCUT2D eigenvalue weighted by Gasteiger charge is -2.11. The summed E-state index contributed by atoms with van der Waals surface area (Å²) in [5.74, 6) is 11.6. The van der Waals surface area contributed by atoms with Crippen LogP contribution in [-0.2, 0) is 11.2 Å². The number of nitrogens with zero attached hydrogens (tertiary/aromatic N) is 3. The molecular weight excluding hydrogens is 393 g/mol. The quantitative estimate of drug-likeness (QED) is 0.333. The maximum absolute atomic E-state index is 12.9. The molecule has 8 heteroatoms. The number of alkyl halides is 3. The Balaban J connectivity index is 0.000000456. The van der Waals surface area contributed by atoms with Crippen molar-refractivity contribution in [2.75, 3.05) is 19.8 Å². The molecule has 0 amide bonds. The number of hydrogen-bond donors (Lipinski definition) is 1. The van der Waals surface area contributed by atoms with Crippen molar-refractivity contribution in [3.05, 3.63) is 29.1 Å². The molecule has 30 heavy (non-hydrogen) atoms. The number of ether oxygens (including phenoxy) is 1. The zero-order chi connectivity index (χ0) is 21.8. The van der Waals surface area contributed by atoms with Gasteiger partial charge in [-0.25, -0.2) is 0 Å². The molecule has 2 N–H and O–H groups in total. The van der Waals surface area contributed by atoms with Gasteiger partial charge >= 0.3 is 6.18 Å². The Kier molecular flexibility index (Phi) is 9.81. The Morgan fingerprint density at radius 3 is 2.53 bits per heavy atom. The van der Waals surface area contributed by atoms with Crippen molar-refractivity contribution in [1.82, 2.24) is 4.98 Å². The van der Waals surface area contributed by atoms with Crippen LogP contribution in [0.4, 0.5) is 13.2 Å². The van der Waals surface area contributed by atoms with Crippen molar-refractivity contribution in [3.63, 3.8) is 0 Å². The number of rotatable bonds is 5. The van der Waals surface area contributed by atoms with Gasteiger partial charge in [-0.1, -0.05) is 18.8 Å². The van der Waals surface area contributed by atoms with Gasteiger partial charge < -0.3 is 10.6 Å². The van der Waals surface area contributed by atoms with Crippen LogP contribution in [0, 0.1) is 17.8 Å². The van der Waals surface area contributed by atoms with E-state index in [1.807, 2.05) is 6.92 Å². The Morgan fingerprint density at radius 1 is 1.30 bits per heavy atom. The highest BCUT2D eigenvalue weighted by Gasteiger charge is 2.30. The van der Waals surface area contributed by atoms with Gasteiger partial charge in [0.2, 0.25) is 0 Å². The first-order valence-corrected chi connectivity index (χ1v) is 10.4. The third-order valence-corrected chi connectivity index (χ3v) is 4.38. The van der Waals surface area contributed by atoms with Crippen LogP contribution in [0.3, 0.4) is 0 Å². The fourth-order valence-corrected chi connectivity index (χ4v) is 2.70. The summed E-state index contributed by atoms with van der Waals surface area (Å²) >= 11 is 0. The van der Waals surface area contributed by atoms with Crippen LogP contribution in [0.1, 0.15) is 62.3 Å². The Bertz CT molecular complexity index is 774. The Labute approximate surface area is 176 Å². The van der Waals surface area contributed by atoms with E-state index in [1.165, 1.54) is 37.7 Å². The highest BCUT2D eigenvalue weighted by Crippen LogP contribution is 2.28. The molecule has 0 unspecified atom stereocenters. The largest absolute Gasteiger partial charge is 0.393 e. The molecule has 1 aromatic rings. The van der Waals surface area contributed by atoms with Crippen LogP contribution in [0.2, 0.25) is 0 Å². The fraction of sp³-hybridized carbons (Fsp3) is 0.591. The molecule has 2 fully saturated rings. The first kappa shape index (κ1) is 23.9. The van der Waals surface area contributed by atoms with Crippen LogP contribution in [0.5, 0.6) is 0 Å². The topological polar surface area (TPSA) is 72.9 Å². The first-order valence-electron chi connectivity index (χ1n) is 10.4. The molecule has 1 aliphatic heterocycles. The summed E-state index contributed by atoms with van der Waals surface area (Å²) in [5.41, 5.74) is 0.681. The molecule has 1 aliphatic carbocycles. The minimum absolute atomic E-state index is 0.00255. The van der Waals surface area contributed by atoms with Gasteiger partial charge in [0.25, 0.3) is 0 Å². The third-order valence-electron chi connectivity index (χ3n) is 4.38. The number of aliphatic imine (C=N–C) groups is 1. The second kappa shape index (κ2) is 12.3. The number of halogens is 3. The van der Waals surface area contributed by atoms with Crippen LogP contribution in [-0.4, -0.2) is 42.8 Å². The molecule has 1 saturated heterocycles. The maximum atomic E-state index is 12.9. The molecular formula is C22H29F3N4O. The van der Waals surface area contributed by atoms with Gasteiger partial charge in [0.1, 0.15) is 5.71 Å². The van der Waals surface area contributed by atoms with Crippen molar-refractivity contribution < 1.29 is 17.9 Å². The number of hydrazone groups is 1. The monoisotopic (exact) mass is 422 g/mol. The Morgan fingerprint density at radius 2 is 2.03 bits per heavy atom. The summed E-state index contributed by atoms with van der Waals surface area (Å²) in [5, 5.41) is 3.54. The molecule has 0 aromatic carbocycles. The van der Waals surface area contributed by atoms with E-state index in [0.29, 0.717) is 18.0 Å². The van der Waals surface area contributed by atoms with Gasteiger partial charge in [-0.05, 0) is 50.2 Å². The van der Waals surface area contributed by atoms with E-state index in [-0.39, 0.29) is 17.0 Å². The van der Waals surface area contributed by atoms with Crippen LogP contribution >= 0.6 is 0 Å². The second-order valence-corrected chi connectivity index (χ2v) is 7.29. The summed E-state index contributed by atoms with van der Waals surface area (Å²) in [4.78, 5) is 8.19. The molecule has 3 rings (SSSR count). The van der Waals surface area contributed by atoms with E-state index >= 15 is 0 Å².